The van der Waals surface area contributed by atoms with Crippen molar-refractivity contribution in [1.29, 1.82) is 0 Å². The van der Waals surface area contributed by atoms with E-state index >= 15 is 0 Å². The van der Waals surface area contributed by atoms with E-state index < -0.39 is 16.8 Å². The van der Waals surface area contributed by atoms with Crippen LogP contribution >= 0.6 is 0 Å². The minimum atomic E-state index is -0.938. The monoisotopic (exact) mass is 228 g/mol. The summed E-state index contributed by atoms with van der Waals surface area (Å²) >= 11 is 0. The normalized spacial score (nSPS) is 12.4. The van der Waals surface area contributed by atoms with Gasteiger partial charge in [-0.15, -0.1) is 0 Å². The molecule has 0 bridgehead atoms. The molecule has 5 nitrogen and oxygen atoms in total. The van der Waals surface area contributed by atoms with Crippen molar-refractivity contribution in [2.75, 3.05) is 13.2 Å². The summed E-state index contributed by atoms with van der Waals surface area (Å²) in [5.74, 6) is -0.413. The van der Waals surface area contributed by atoms with Crippen molar-refractivity contribution in [3.05, 3.63) is 45.8 Å². The molecular weight excluding hydrogens is 215 g/mol. The highest BCUT2D eigenvalue weighted by atomic mass is 19.1. The Hall–Kier alpha value is -1.53. The van der Waals surface area contributed by atoms with Crippen LogP contribution in [0.2, 0.25) is 0 Å². The summed E-state index contributed by atoms with van der Waals surface area (Å²) in [5.41, 5.74) is 2.94. The third-order valence-corrected chi connectivity index (χ3v) is 2.03. The number of halogens is 1. The predicted octanol–water partition coefficient (Wildman–Crippen LogP) is 1.68. The van der Waals surface area contributed by atoms with E-state index in [1.807, 2.05) is 0 Å². The quantitative estimate of drug-likeness (QED) is 0.457. The molecule has 1 N–H and O–H groups in total. The van der Waals surface area contributed by atoms with E-state index in [1.165, 1.54) is 24.3 Å². The topological polar surface area (TPSA) is 64.4 Å². The molecular formula is C10H13FN2O3. The number of hydrogen-bond acceptors (Lipinski definition) is 4. The molecule has 0 aliphatic carbocycles. The fourth-order valence-corrected chi connectivity index (χ4v) is 1.24. The number of nitrogens with one attached hydrogen (secondary N) is 1. The molecule has 0 aliphatic rings. The molecule has 16 heavy (non-hydrogen) atoms. The van der Waals surface area contributed by atoms with Crippen molar-refractivity contribution in [1.82, 2.24) is 5.48 Å². The summed E-state index contributed by atoms with van der Waals surface area (Å²) in [6, 6.07) is 4.26. The Morgan fingerprint density at radius 3 is 2.62 bits per heavy atom. The standard InChI is InChI=1S/C10H13FN2O3/c1-2-16-12-7-10(13(14)15)8-3-5-9(11)6-4-8/h3-6,10,12H,2,7H2,1H3. The molecule has 1 unspecified atom stereocenters. The van der Waals surface area contributed by atoms with E-state index in [2.05, 4.69) is 5.48 Å². The molecule has 0 aromatic heterocycles. The maximum atomic E-state index is 12.6. The van der Waals surface area contributed by atoms with Gasteiger partial charge in [0.25, 0.3) is 6.04 Å². The van der Waals surface area contributed by atoms with Gasteiger partial charge in [0, 0.05) is 10.5 Å². The van der Waals surface area contributed by atoms with Crippen LogP contribution in [0.15, 0.2) is 24.3 Å². The molecule has 0 saturated heterocycles. The second kappa shape index (κ2) is 6.14. The first-order valence-electron chi connectivity index (χ1n) is 4.88. The summed E-state index contributed by atoms with van der Waals surface area (Å²) in [4.78, 5) is 15.2. The van der Waals surface area contributed by atoms with Crippen LogP contribution in [0.1, 0.15) is 18.5 Å². The first-order valence-corrected chi connectivity index (χ1v) is 4.88. The zero-order valence-electron chi connectivity index (χ0n) is 8.85. The molecule has 1 aromatic carbocycles. The first-order chi connectivity index (χ1) is 7.65. The van der Waals surface area contributed by atoms with Crippen LogP contribution in [0.4, 0.5) is 4.39 Å². The Kier molecular flexibility index (Phi) is 4.81. The highest BCUT2D eigenvalue weighted by Gasteiger charge is 2.22. The van der Waals surface area contributed by atoms with E-state index in [-0.39, 0.29) is 6.54 Å². The van der Waals surface area contributed by atoms with Crippen molar-refractivity contribution >= 4 is 0 Å². The van der Waals surface area contributed by atoms with Crippen LogP contribution in [0.25, 0.3) is 0 Å². The summed E-state index contributed by atoms with van der Waals surface area (Å²) in [5, 5.41) is 10.8. The highest BCUT2D eigenvalue weighted by molar-refractivity contribution is 5.18. The van der Waals surface area contributed by atoms with Gasteiger partial charge in [0.05, 0.1) is 13.2 Å². The second-order valence-electron chi connectivity index (χ2n) is 3.13. The lowest BCUT2D eigenvalue weighted by molar-refractivity contribution is -0.528. The molecule has 88 valence electrons. The zero-order chi connectivity index (χ0) is 12.0. The highest BCUT2D eigenvalue weighted by Crippen LogP contribution is 2.16. The van der Waals surface area contributed by atoms with Crippen LogP contribution in [0.5, 0.6) is 0 Å². The molecule has 0 fully saturated rings. The van der Waals surface area contributed by atoms with E-state index in [0.717, 1.165) is 0 Å². The summed E-state index contributed by atoms with van der Waals surface area (Å²) in [7, 11) is 0. The zero-order valence-corrected chi connectivity index (χ0v) is 8.85. The van der Waals surface area contributed by atoms with Gasteiger partial charge in [0.2, 0.25) is 0 Å². The number of hydroxylamine groups is 1. The summed E-state index contributed by atoms with van der Waals surface area (Å²) in [6.45, 7) is 2.24. The van der Waals surface area contributed by atoms with E-state index in [9.17, 15) is 14.5 Å². The van der Waals surface area contributed by atoms with Crippen molar-refractivity contribution in [3.8, 4) is 0 Å². The molecule has 0 amide bonds. The third kappa shape index (κ3) is 3.56. The van der Waals surface area contributed by atoms with Crippen molar-refractivity contribution in [3.63, 3.8) is 0 Å². The fraction of sp³-hybridized carbons (Fsp3) is 0.400. The first kappa shape index (κ1) is 12.5. The maximum absolute atomic E-state index is 12.6. The van der Waals surface area contributed by atoms with Gasteiger partial charge in [0.15, 0.2) is 0 Å². The van der Waals surface area contributed by atoms with E-state index in [4.69, 9.17) is 4.84 Å². The van der Waals surface area contributed by atoms with Crippen LogP contribution in [-0.4, -0.2) is 18.1 Å². The lowest BCUT2D eigenvalue weighted by atomic mass is 10.1. The van der Waals surface area contributed by atoms with Gasteiger partial charge in [-0.2, -0.15) is 5.48 Å². The molecule has 0 aliphatic heterocycles. The molecule has 0 spiro atoms. The third-order valence-electron chi connectivity index (χ3n) is 2.03. The Labute approximate surface area is 92.3 Å². The second-order valence-corrected chi connectivity index (χ2v) is 3.13. The number of rotatable bonds is 6. The number of nitro groups is 1. The van der Waals surface area contributed by atoms with Crippen LogP contribution < -0.4 is 5.48 Å². The minimum Gasteiger partial charge on any atom is -0.302 e. The average Bonchev–Trinajstić information content (AvgIpc) is 2.26. The Morgan fingerprint density at radius 2 is 2.12 bits per heavy atom. The molecule has 1 aromatic rings. The maximum Gasteiger partial charge on any atom is 0.252 e. The summed E-state index contributed by atoms with van der Waals surface area (Å²) in [6.07, 6.45) is 0. The molecule has 0 saturated carbocycles. The number of hydrogen-bond donors (Lipinski definition) is 1. The Balaban J connectivity index is 2.69. The molecule has 0 heterocycles. The SMILES string of the molecule is CCONCC(c1ccc(F)cc1)[N+](=O)[O-]. The largest absolute Gasteiger partial charge is 0.302 e. The van der Waals surface area contributed by atoms with Gasteiger partial charge in [-0.25, -0.2) is 4.39 Å². The number of benzene rings is 1. The van der Waals surface area contributed by atoms with E-state index in [0.29, 0.717) is 12.2 Å². The van der Waals surface area contributed by atoms with Gasteiger partial charge in [0.1, 0.15) is 5.82 Å². The number of nitrogens with zero attached hydrogens (tertiary/aromatic N) is 1. The van der Waals surface area contributed by atoms with Gasteiger partial charge in [-0.1, -0.05) is 0 Å². The van der Waals surface area contributed by atoms with Crippen molar-refractivity contribution in [2.24, 2.45) is 0 Å². The van der Waals surface area contributed by atoms with Crippen molar-refractivity contribution in [2.45, 2.75) is 13.0 Å². The Morgan fingerprint density at radius 1 is 1.50 bits per heavy atom. The summed E-state index contributed by atoms with van der Waals surface area (Å²) < 4.78 is 12.6. The van der Waals surface area contributed by atoms with Crippen molar-refractivity contribution < 1.29 is 14.2 Å². The van der Waals surface area contributed by atoms with Gasteiger partial charge >= 0.3 is 0 Å². The molecule has 1 rings (SSSR count). The van der Waals surface area contributed by atoms with Crippen LogP contribution in [0, 0.1) is 15.9 Å². The van der Waals surface area contributed by atoms with E-state index in [1.54, 1.807) is 6.92 Å². The van der Waals surface area contributed by atoms with Gasteiger partial charge < -0.3 is 4.84 Å². The molecule has 1 atom stereocenters. The van der Waals surface area contributed by atoms with Gasteiger partial charge in [-0.3, -0.25) is 10.1 Å². The lowest BCUT2D eigenvalue weighted by Gasteiger charge is -2.10. The lowest BCUT2D eigenvalue weighted by Crippen LogP contribution is -2.26. The fourth-order valence-electron chi connectivity index (χ4n) is 1.24. The van der Waals surface area contributed by atoms with Crippen LogP contribution in [0.3, 0.4) is 0 Å². The Bertz CT molecular complexity index is 342. The smallest absolute Gasteiger partial charge is 0.252 e. The minimum absolute atomic E-state index is 0.0481. The molecule has 0 radical (unpaired) electrons. The van der Waals surface area contributed by atoms with Gasteiger partial charge in [-0.05, 0) is 31.2 Å². The predicted molar refractivity (Wildman–Crippen MR) is 55.8 cm³/mol. The van der Waals surface area contributed by atoms with Crippen LogP contribution in [-0.2, 0) is 4.84 Å². The average molecular weight is 228 g/mol. The molecule has 6 heteroatoms.